The molecule has 0 saturated carbocycles. The molecule has 1 fully saturated rings. The van der Waals surface area contributed by atoms with Gasteiger partial charge in [-0.25, -0.2) is 4.98 Å². The smallest absolute Gasteiger partial charge is 0.419 e. The minimum absolute atomic E-state index is 0.201. The van der Waals surface area contributed by atoms with E-state index in [1.807, 2.05) is 0 Å². The Balaban J connectivity index is 1.95. The highest BCUT2D eigenvalue weighted by atomic mass is 32.1. The zero-order valence-electron chi connectivity index (χ0n) is 16.1. The van der Waals surface area contributed by atoms with Crippen molar-refractivity contribution in [1.82, 2.24) is 9.88 Å². The topological polar surface area (TPSA) is 46.6 Å². The first-order valence-corrected chi connectivity index (χ1v) is 9.85. The predicted molar refractivity (Wildman–Crippen MR) is 104 cm³/mol. The molecular weight excluding hydrogens is 391 g/mol. The molecule has 3 rings (SSSR count). The van der Waals surface area contributed by atoms with E-state index in [1.165, 1.54) is 30.6 Å². The van der Waals surface area contributed by atoms with Crippen molar-refractivity contribution in [3.63, 3.8) is 0 Å². The molecule has 1 N–H and O–H groups in total. The van der Waals surface area contributed by atoms with E-state index in [9.17, 15) is 13.2 Å². The van der Waals surface area contributed by atoms with E-state index in [0.29, 0.717) is 30.5 Å². The minimum Gasteiger partial charge on any atom is -0.496 e. The zero-order valence-corrected chi connectivity index (χ0v) is 16.9. The molecule has 9 heteroatoms. The number of benzene rings is 1. The Hall–Kier alpha value is -1.84. The summed E-state index contributed by atoms with van der Waals surface area (Å²) in [6.07, 6.45) is -2.28. The normalized spacial score (nSPS) is 17.9. The molecule has 0 spiro atoms. The first kappa shape index (κ1) is 20.9. The van der Waals surface area contributed by atoms with Crippen LogP contribution in [0.3, 0.4) is 0 Å². The maximum Gasteiger partial charge on any atom is 0.419 e. The fourth-order valence-electron chi connectivity index (χ4n) is 3.53. The summed E-state index contributed by atoms with van der Waals surface area (Å²) in [6, 6.07) is 4.28. The van der Waals surface area contributed by atoms with Gasteiger partial charge >= 0.3 is 6.18 Å². The number of nitrogens with zero attached hydrogens (tertiary/aromatic N) is 2. The highest BCUT2D eigenvalue weighted by molar-refractivity contribution is 7.16. The van der Waals surface area contributed by atoms with Gasteiger partial charge in [0.25, 0.3) is 0 Å². The van der Waals surface area contributed by atoms with Crippen LogP contribution in [-0.4, -0.2) is 50.3 Å². The van der Waals surface area contributed by atoms with Crippen LogP contribution >= 0.6 is 11.3 Å². The third kappa shape index (κ3) is 4.42. The van der Waals surface area contributed by atoms with Gasteiger partial charge in [0.2, 0.25) is 0 Å². The van der Waals surface area contributed by atoms with Crippen LogP contribution in [0.2, 0.25) is 0 Å². The third-order valence-corrected chi connectivity index (χ3v) is 5.95. The van der Waals surface area contributed by atoms with Gasteiger partial charge in [-0.05, 0) is 31.5 Å². The number of hydrogen-bond acceptors (Lipinski definition) is 6. The molecule has 1 unspecified atom stereocenters. The number of aromatic nitrogens is 1. The summed E-state index contributed by atoms with van der Waals surface area (Å²) in [5, 5.41) is 3.76. The molecule has 1 aliphatic heterocycles. The molecule has 1 aromatic heterocycles. The summed E-state index contributed by atoms with van der Waals surface area (Å²) in [7, 11) is 4.72. The Kier molecular flexibility index (Phi) is 6.47. The highest BCUT2D eigenvalue weighted by Gasteiger charge is 2.34. The molecule has 0 amide bonds. The molecule has 0 bridgehead atoms. The molecular formula is C19H24F3N3O2S. The van der Waals surface area contributed by atoms with Gasteiger partial charge in [-0.15, -0.1) is 11.3 Å². The third-order valence-electron chi connectivity index (χ3n) is 4.90. The first-order chi connectivity index (χ1) is 13.4. The van der Waals surface area contributed by atoms with Crippen molar-refractivity contribution in [2.24, 2.45) is 0 Å². The van der Waals surface area contributed by atoms with Crippen LogP contribution in [0.15, 0.2) is 18.2 Å². The number of ether oxygens (including phenoxy) is 2. The summed E-state index contributed by atoms with van der Waals surface area (Å²) in [4.78, 5) is 7.95. The molecule has 154 valence electrons. The summed E-state index contributed by atoms with van der Waals surface area (Å²) < 4.78 is 49.8. The van der Waals surface area contributed by atoms with Crippen molar-refractivity contribution >= 4 is 16.5 Å². The first-order valence-electron chi connectivity index (χ1n) is 9.03. The molecule has 1 atom stereocenters. The van der Waals surface area contributed by atoms with Crippen LogP contribution in [0, 0.1) is 0 Å². The van der Waals surface area contributed by atoms with Gasteiger partial charge in [-0.2, -0.15) is 13.2 Å². The fraction of sp³-hybridized carbons (Fsp3) is 0.526. The van der Waals surface area contributed by atoms with Gasteiger partial charge in [0.05, 0.1) is 25.0 Å². The van der Waals surface area contributed by atoms with E-state index in [0.717, 1.165) is 35.5 Å². The molecule has 1 saturated heterocycles. The SMILES string of the molecule is CNc1nc(-c2ccc(C(F)(F)F)c(OC)c2)c(CN2CCCC2COC)s1. The standard InChI is InChI=1S/C19H24F3N3O2S/c1-23-18-24-17(12-6-7-14(19(20,21)22)15(9-12)27-3)16(28-18)10-25-8-4-5-13(25)11-26-2/h6-7,9,13H,4-5,8,10-11H2,1-3H3,(H,23,24). The van der Waals surface area contributed by atoms with E-state index in [2.05, 4.69) is 15.2 Å². The molecule has 5 nitrogen and oxygen atoms in total. The summed E-state index contributed by atoms with van der Waals surface area (Å²) in [6.45, 7) is 2.32. The fourth-order valence-corrected chi connectivity index (χ4v) is 4.50. The van der Waals surface area contributed by atoms with Gasteiger partial charge in [-0.1, -0.05) is 6.07 Å². The number of anilines is 1. The number of methoxy groups -OCH3 is 2. The average Bonchev–Trinajstić information content (AvgIpc) is 3.28. The van der Waals surface area contributed by atoms with Crippen LogP contribution in [0.1, 0.15) is 23.3 Å². The average molecular weight is 415 g/mol. The second kappa shape index (κ2) is 8.67. The number of thiazole rings is 1. The predicted octanol–water partition coefficient (Wildman–Crippen LogP) is 4.49. The Morgan fingerprint density at radius 1 is 1.32 bits per heavy atom. The highest BCUT2D eigenvalue weighted by Crippen LogP contribution is 2.40. The Morgan fingerprint density at radius 3 is 2.75 bits per heavy atom. The number of halogens is 3. The molecule has 0 aliphatic carbocycles. The van der Waals surface area contributed by atoms with Gasteiger partial charge in [0.1, 0.15) is 5.75 Å². The minimum atomic E-state index is -4.46. The lowest BCUT2D eigenvalue weighted by atomic mass is 10.1. The summed E-state index contributed by atoms with van der Waals surface area (Å²) >= 11 is 1.52. The number of alkyl halides is 3. The van der Waals surface area contributed by atoms with Crippen LogP contribution in [0.25, 0.3) is 11.3 Å². The Morgan fingerprint density at radius 2 is 2.11 bits per heavy atom. The molecule has 1 aromatic carbocycles. The molecule has 1 aliphatic rings. The van der Waals surface area contributed by atoms with Crippen LogP contribution < -0.4 is 10.1 Å². The number of rotatable bonds is 7. The Labute approximate surface area is 166 Å². The molecule has 0 radical (unpaired) electrons. The quantitative estimate of drug-likeness (QED) is 0.722. The van der Waals surface area contributed by atoms with Crippen molar-refractivity contribution in [3.05, 3.63) is 28.6 Å². The van der Waals surface area contributed by atoms with Crippen molar-refractivity contribution in [3.8, 4) is 17.0 Å². The van der Waals surface area contributed by atoms with Crippen LogP contribution in [0.5, 0.6) is 5.75 Å². The summed E-state index contributed by atoms with van der Waals surface area (Å²) in [5.74, 6) is -0.201. The van der Waals surface area contributed by atoms with E-state index in [1.54, 1.807) is 14.2 Å². The van der Waals surface area contributed by atoms with Gasteiger partial charge < -0.3 is 14.8 Å². The molecule has 28 heavy (non-hydrogen) atoms. The van der Waals surface area contributed by atoms with E-state index >= 15 is 0 Å². The molecule has 2 heterocycles. The van der Waals surface area contributed by atoms with Crippen molar-refractivity contribution in [2.45, 2.75) is 31.6 Å². The van der Waals surface area contributed by atoms with Gasteiger partial charge in [-0.3, -0.25) is 4.90 Å². The van der Waals surface area contributed by atoms with Gasteiger partial charge in [0, 0.05) is 37.2 Å². The second-order valence-electron chi connectivity index (χ2n) is 6.68. The maximum atomic E-state index is 13.2. The van der Waals surface area contributed by atoms with Crippen molar-refractivity contribution in [1.29, 1.82) is 0 Å². The van der Waals surface area contributed by atoms with E-state index in [4.69, 9.17) is 9.47 Å². The van der Waals surface area contributed by atoms with Crippen LogP contribution in [-0.2, 0) is 17.5 Å². The lowest BCUT2D eigenvalue weighted by molar-refractivity contribution is -0.138. The zero-order chi connectivity index (χ0) is 20.3. The summed E-state index contributed by atoms with van der Waals surface area (Å²) in [5.41, 5.74) is 0.508. The monoisotopic (exact) mass is 415 g/mol. The van der Waals surface area contributed by atoms with Crippen molar-refractivity contribution in [2.75, 3.05) is 39.7 Å². The lowest BCUT2D eigenvalue weighted by Crippen LogP contribution is -2.32. The van der Waals surface area contributed by atoms with Gasteiger partial charge in [0.15, 0.2) is 5.13 Å². The number of nitrogens with one attached hydrogen (secondary N) is 1. The lowest BCUT2D eigenvalue weighted by Gasteiger charge is -2.23. The number of hydrogen-bond donors (Lipinski definition) is 1. The van der Waals surface area contributed by atoms with Crippen molar-refractivity contribution < 1.29 is 22.6 Å². The maximum absolute atomic E-state index is 13.2. The van der Waals surface area contributed by atoms with E-state index < -0.39 is 11.7 Å². The molecule has 2 aromatic rings. The van der Waals surface area contributed by atoms with E-state index in [-0.39, 0.29) is 5.75 Å². The number of likely N-dealkylation sites (tertiary alicyclic amines) is 1. The second-order valence-corrected chi connectivity index (χ2v) is 7.76. The van der Waals surface area contributed by atoms with Crippen LogP contribution in [0.4, 0.5) is 18.3 Å². The largest absolute Gasteiger partial charge is 0.496 e. The Bertz CT molecular complexity index is 810.